The van der Waals surface area contributed by atoms with Gasteiger partial charge >= 0.3 is 5.97 Å². The molecule has 1 amide bonds. The minimum absolute atomic E-state index is 0.0123. The summed E-state index contributed by atoms with van der Waals surface area (Å²) in [4.78, 5) is 21.7. The van der Waals surface area contributed by atoms with Crippen LogP contribution in [-0.2, 0) is 9.59 Å². The van der Waals surface area contributed by atoms with E-state index in [-0.39, 0.29) is 23.6 Å². The summed E-state index contributed by atoms with van der Waals surface area (Å²) >= 11 is 5.77. The normalized spacial score (nSPS) is 12.3. The van der Waals surface area contributed by atoms with Crippen molar-refractivity contribution in [1.29, 1.82) is 0 Å². The van der Waals surface area contributed by atoms with Crippen molar-refractivity contribution in [3.05, 3.63) is 40.7 Å². The smallest absolute Gasteiger partial charge is 0.332 e. The molecule has 3 N–H and O–H groups in total. The van der Waals surface area contributed by atoms with Gasteiger partial charge in [0.2, 0.25) is 5.91 Å². The lowest BCUT2D eigenvalue weighted by Gasteiger charge is -2.05. The maximum absolute atomic E-state index is 13.4. The van der Waals surface area contributed by atoms with Gasteiger partial charge < -0.3 is 15.5 Å². The number of benzene rings is 1. The average molecular weight is 302 g/mol. The zero-order valence-electron chi connectivity index (χ0n) is 10.3. The van der Waals surface area contributed by atoms with E-state index in [0.717, 1.165) is 6.08 Å². The van der Waals surface area contributed by atoms with Crippen molar-refractivity contribution in [2.75, 3.05) is 6.54 Å². The first-order chi connectivity index (χ1) is 9.41. The molecule has 0 fully saturated rings. The van der Waals surface area contributed by atoms with E-state index < -0.39 is 23.8 Å². The summed E-state index contributed by atoms with van der Waals surface area (Å²) in [5.74, 6) is -2.45. The Hall–Kier alpha value is -1.92. The highest BCUT2D eigenvalue weighted by atomic mass is 35.5. The number of aliphatic carboxylic acids is 1. The van der Waals surface area contributed by atoms with Crippen LogP contribution in [0, 0.1) is 5.82 Å². The zero-order valence-corrected chi connectivity index (χ0v) is 11.1. The fraction of sp³-hybridized carbons (Fsp3) is 0.231. The number of rotatable bonds is 6. The third-order valence-electron chi connectivity index (χ3n) is 2.40. The Morgan fingerprint density at radius 2 is 2.15 bits per heavy atom. The molecule has 1 atom stereocenters. The molecular weight excluding hydrogens is 289 g/mol. The van der Waals surface area contributed by atoms with E-state index in [1.54, 1.807) is 0 Å². The van der Waals surface area contributed by atoms with Gasteiger partial charge in [0.25, 0.3) is 0 Å². The Labute approximate surface area is 119 Å². The van der Waals surface area contributed by atoms with Gasteiger partial charge in [0.15, 0.2) is 6.10 Å². The number of amides is 1. The molecule has 1 rings (SSSR count). The first-order valence-electron chi connectivity index (χ1n) is 5.72. The molecule has 5 nitrogen and oxygen atoms in total. The van der Waals surface area contributed by atoms with Gasteiger partial charge in [-0.3, -0.25) is 4.79 Å². The minimum Gasteiger partial charge on any atom is -0.479 e. The Kier molecular flexibility index (Phi) is 6.14. The molecular formula is C13H13ClFNO4. The summed E-state index contributed by atoms with van der Waals surface area (Å²) in [6, 6.07) is 4.15. The molecule has 7 heteroatoms. The van der Waals surface area contributed by atoms with Crippen molar-refractivity contribution >= 4 is 29.6 Å². The third-order valence-corrected chi connectivity index (χ3v) is 2.73. The van der Waals surface area contributed by atoms with Crippen molar-refractivity contribution in [1.82, 2.24) is 5.32 Å². The summed E-state index contributed by atoms with van der Waals surface area (Å²) in [7, 11) is 0. The number of hydrogen-bond acceptors (Lipinski definition) is 3. The van der Waals surface area contributed by atoms with Crippen molar-refractivity contribution in [3.63, 3.8) is 0 Å². The van der Waals surface area contributed by atoms with E-state index >= 15 is 0 Å². The van der Waals surface area contributed by atoms with Crippen LogP contribution in [0.2, 0.25) is 5.02 Å². The van der Waals surface area contributed by atoms with E-state index in [4.69, 9.17) is 21.8 Å². The average Bonchev–Trinajstić information content (AvgIpc) is 2.37. The van der Waals surface area contributed by atoms with E-state index in [1.165, 1.54) is 24.3 Å². The summed E-state index contributed by atoms with van der Waals surface area (Å²) in [6.07, 6.45) is 0.660. The Morgan fingerprint density at radius 1 is 1.45 bits per heavy atom. The monoisotopic (exact) mass is 301 g/mol. The van der Waals surface area contributed by atoms with Crippen LogP contribution in [0.1, 0.15) is 12.0 Å². The van der Waals surface area contributed by atoms with Crippen LogP contribution < -0.4 is 5.32 Å². The molecule has 0 bridgehead atoms. The molecule has 0 aromatic heterocycles. The van der Waals surface area contributed by atoms with E-state index in [9.17, 15) is 14.0 Å². The van der Waals surface area contributed by atoms with E-state index in [1.807, 2.05) is 0 Å². The molecule has 0 saturated carbocycles. The second-order valence-corrected chi connectivity index (χ2v) is 4.31. The summed E-state index contributed by atoms with van der Waals surface area (Å²) < 4.78 is 13.4. The third kappa shape index (κ3) is 4.99. The number of carboxylic acid groups (broad SMARTS) is 1. The highest BCUT2D eigenvalue weighted by Crippen LogP contribution is 2.20. The Bertz CT molecular complexity index is 513. The molecule has 0 saturated heterocycles. The van der Waals surface area contributed by atoms with Crippen molar-refractivity contribution in [2.24, 2.45) is 0 Å². The predicted octanol–water partition coefficient (Wildman–Crippen LogP) is 1.44. The number of carboxylic acids is 1. The number of halogens is 2. The lowest BCUT2D eigenvalue weighted by Crippen LogP contribution is -2.28. The second-order valence-electron chi connectivity index (χ2n) is 3.90. The topological polar surface area (TPSA) is 86.6 Å². The highest BCUT2D eigenvalue weighted by Gasteiger charge is 2.12. The summed E-state index contributed by atoms with van der Waals surface area (Å²) in [6.45, 7) is -0.0123. The Balaban J connectivity index is 2.50. The predicted molar refractivity (Wildman–Crippen MR) is 71.7 cm³/mol. The highest BCUT2D eigenvalue weighted by molar-refractivity contribution is 6.32. The van der Waals surface area contributed by atoms with Crippen LogP contribution in [-0.4, -0.2) is 34.7 Å². The minimum atomic E-state index is -1.53. The van der Waals surface area contributed by atoms with Crippen molar-refractivity contribution < 1.29 is 24.2 Å². The number of aliphatic hydroxyl groups is 1. The van der Waals surface area contributed by atoms with Crippen molar-refractivity contribution in [2.45, 2.75) is 12.5 Å². The number of nitrogens with one attached hydrogen (secondary N) is 1. The quantitative estimate of drug-likeness (QED) is 0.694. The van der Waals surface area contributed by atoms with Gasteiger partial charge in [0, 0.05) is 24.6 Å². The van der Waals surface area contributed by atoms with E-state index in [2.05, 4.69) is 5.32 Å². The van der Waals surface area contributed by atoms with Gasteiger partial charge in [-0.2, -0.15) is 0 Å². The first-order valence-corrected chi connectivity index (χ1v) is 6.10. The molecule has 1 aromatic rings. The maximum Gasteiger partial charge on any atom is 0.332 e. The summed E-state index contributed by atoms with van der Waals surface area (Å²) in [5, 5.41) is 20.0. The SMILES string of the molecule is O=C(/C=C/c1c(F)cccc1Cl)NCC[C@H](O)C(=O)O. The fourth-order valence-corrected chi connectivity index (χ4v) is 1.57. The van der Waals surface area contributed by atoms with Crippen LogP contribution in [0.3, 0.4) is 0 Å². The molecule has 0 heterocycles. The van der Waals surface area contributed by atoms with Crippen molar-refractivity contribution in [3.8, 4) is 0 Å². The van der Waals surface area contributed by atoms with Crippen LogP contribution in [0.4, 0.5) is 4.39 Å². The van der Waals surface area contributed by atoms with E-state index in [0.29, 0.717) is 0 Å². The van der Waals surface area contributed by atoms with Crippen LogP contribution in [0.25, 0.3) is 6.08 Å². The van der Waals surface area contributed by atoms with Gasteiger partial charge in [-0.15, -0.1) is 0 Å². The fourth-order valence-electron chi connectivity index (χ4n) is 1.34. The maximum atomic E-state index is 13.4. The number of carbonyl (C=O) groups excluding carboxylic acids is 1. The van der Waals surface area contributed by atoms with Gasteiger partial charge in [-0.1, -0.05) is 17.7 Å². The first kappa shape index (κ1) is 16.1. The summed E-state index contributed by atoms with van der Waals surface area (Å²) in [5.41, 5.74) is 0.0925. The van der Waals surface area contributed by atoms with Gasteiger partial charge in [-0.25, -0.2) is 9.18 Å². The van der Waals surface area contributed by atoms with Crippen LogP contribution in [0.15, 0.2) is 24.3 Å². The molecule has 0 aliphatic rings. The van der Waals surface area contributed by atoms with Gasteiger partial charge in [-0.05, 0) is 18.2 Å². The van der Waals surface area contributed by atoms with Gasteiger partial charge in [0.05, 0.1) is 5.02 Å². The zero-order chi connectivity index (χ0) is 15.1. The lowest BCUT2D eigenvalue weighted by atomic mass is 10.2. The molecule has 0 aliphatic carbocycles. The lowest BCUT2D eigenvalue weighted by molar-refractivity contribution is -0.147. The Morgan fingerprint density at radius 3 is 2.75 bits per heavy atom. The largest absolute Gasteiger partial charge is 0.479 e. The standard InChI is InChI=1S/C13H13ClFNO4/c14-9-2-1-3-10(15)8(9)4-5-12(18)16-7-6-11(17)13(19)20/h1-5,11,17H,6-7H2,(H,16,18)(H,19,20)/b5-4+/t11-/m0/s1. The van der Waals surface area contributed by atoms with Crippen LogP contribution in [0.5, 0.6) is 0 Å². The molecule has 0 radical (unpaired) electrons. The molecule has 1 aromatic carbocycles. The number of carbonyl (C=O) groups is 2. The molecule has 0 unspecified atom stereocenters. The molecule has 108 valence electrons. The van der Waals surface area contributed by atoms with Crippen LogP contribution >= 0.6 is 11.6 Å². The molecule has 20 heavy (non-hydrogen) atoms. The number of aliphatic hydroxyl groups excluding tert-OH is 1. The molecule has 0 aliphatic heterocycles. The van der Waals surface area contributed by atoms with Gasteiger partial charge in [0.1, 0.15) is 5.82 Å². The second kappa shape index (κ2) is 7.62. The molecule has 0 spiro atoms. The number of hydrogen-bond donors (Lipinski definition) is 3.